The zero-order valence-electron chi connectivity index (χ0n) is 10.2. The Bertz CT molecular complexity index is 572. The van der Waals surface area contributed by atoms with Gasteiger partial charge in [-0.25, -0.2) is 8.78 Å². The standard InChI is InChI=1S/C15H14BrF2N/c16-14-4-2-1-3-10(14)8-13(19)9-11-7-12(17)5-6-15(11)18/h1-7,13H,8-9,19H2. The van der Waals surface area contributed by atoms with Crippen LogP contribution in [-0.2, 0) is 12.8 Å². The Morgan fingerprint density at radius 1 is 1.00 bits per heavy atom. The fourth-order valence-corrected chi connectivity index (χ4v) is 2.45. The Morgan fingerprint density at radius 2 is 1.68 bits per heavy atom. The molecule has 2 aromatic carbocycles. The summed E-state index contributed by atoms with van der Waals surface area (Å²) in [6.45, 7) is 0. The van der Waals surface area contributed by atoms with Crippen LogP contribution >= 0.6 is 15.9 Å². The van der Waals surface area contributed by atoms with Gasteiger partial charge in [0.05, 0.1) is 0 Å². The number of rotatable bonds is 4. The van der Waals surface area contributed by atoms with Crippen LogP contribution < -0.4 is 5.73 Å². The quantitative estimate of drug-likeness (QED) is 0.908. The average Bonchev–Trinajstić information content (AvgIpc) is 2.37. The molecule has 0 aliphatic heterocycles. The Labute approximate surface area is 119 Å². The van der Waals surface area contributed by atoms with Gasteiger partial charge < -0.3 is 5.73 Å². The molecule has 2 rings (SSSR count). The highest BCUT2D eigenvalue weighted by molar-refractivity contribution is 9.10. The van der Waals surface area contributed by atoms with Crippen molar-refractivity contribution in [3.63, 3.8) is 0 Å². The smallest absolute Gasteiger partial charge is 0.126 e. The van der Waals surface area contributed by atoms with Crippen molar-refractivity contribution in [2.24, 2.45) is 5.73 Å². The van der Waals surface area contributed by atoms with E-state index in [0.29, 0.717) is 18.4 Å². The minimum absolute atomic E-state index is 0.255. The maximum atomic E-state index is 13.5. The Balaban J connectivity index is 2.07. The lowest BCUT2D eigenvalue weighted by molar-refractivity contribution is 0.566. The summed E-state index contributed by atoms with van der Waals surface area (Å²) in [5.41, 5.74) is 7.40. The zero-order chi connectivity index (χ0) is 13.8. The predicted molar refractivity (Wildman–Crippen MR) is 75.9 cm³/mol. The molecule has 1 nitrogen and oxygen atoms in total. The number of nitrogens with two attached hydrogens (primary N) is 1. The van der Waals surface area contributed by atoms with Crippen molar-refractivity contribution in [1.29, 1.82) is 0 Å². The van der Waals surface area contributed by atoms with Crippen molar-refractivity contribution < 1.29 is 8.78 Å². The van der Waals surface area contributed by atoms with Crippen LogP contribution in [0.1, 0.15) is 11.1 Å². The fourth-order valence-electron chi connectivity index (χ4n) is 2.00. The van der Waals surface area contributed by atoms with Crippen molar-refractivity contribution in [2.45, 2.75) is 18.9 Å². The molecule has 0 spiro atoms. The first kappa shape index (κ1) is 14.2. The lowest BCUT2D eigenvalue weighted by Gasteiger charge is -2.13. The summed E-state index contributed by atoms with van der Waals surface area (Å²) in [6.07, 6.45) is 0.919. The monoisotopic (exact) mass is 325 g/mol. The van der Waals surface area contributed by atoms with E-state index in [1.165, 1.54) is 6.07 Å². The van der Waals surface area contributed by atoms with Gasteiger partial charge in [0.1, 0.15) is 11.6 Å². The molecule has 0 saturated heterocycles. The summed E-state index contributed by atoms with van der Waals surface area (Å²) in [6, 6.07) is 10.9. The molecule has 2 aromatic rings. The fraction of sp³-hybridized carbons (Fsp3) is 0.200. The number of hydrogen-bond donors (Lipinski definition) is 1. The SMILES string of the molecule is NC(Cc1cc(F)ccc1F)Cc1ccccc1Br. The van der Waals surface area contributed by atoms with Gasteiger partial charge in [-0.15, -0.1) is 0 Å². The summed E-state index contributed by atoms with van der Waals surface area (Å²) >= 11 is 3.45. The van der Waals surface area contributed by atoms with E-state index in [1.807, 2.05) is 24.3 Å². The van der Waals surface area contributed by atoms with E-state index in [-0.39, 0.29) is 6.04 Å². The second-order valence-corrected chi connectivity index (χ2v) is 5.35. The first-order chi connectivity index (χ1) is 9.06. The van der Waals surface area contributed by atoms with Crippen molar-refractivity contribution in [2.75, 3.05) is 0 Å². The van der Waals surface area contributed by atoms with Crippen LogP contribution in [-0.4, -0.2) is 6.04 Å². The van der Waals surface area contributed by atoms with E-state index in [0.717, 1.165) is 22.2 Å². The third kappa shape index (κ3) is 3.85. The van der Waals surface area contributed by atoms with Crippen LogP contribution in [0.3, 0.4) is 0 Å². The van der Waals surface area contributed by atoms with Crippen molar-refractivity contribution in [1.82, 2.24) is 0 Å². The van der Waals surface area contributed by atoms with Gasteiger partial charge in [0.15, 0.2) is 0 Å². The number of benzene rings is 2. The van der Waals surface area contributed by atoms with Gasteiger partial charge in [-0.1, -0.05) is 34.1 Å². The lowest BCUT2D eigenvalue weighted by atomic mass is 9.99. The molecule has 0 aliphatic carbocycles. The van der Waals surface area contributed by atoms with Gasteiger partial charge in [-0.3, -0.25) is 0 Å². The van der Waals surface area contributed by atoms with Gasteiger partial charge in [0.25, 0.3) is 0 Å². The second-order valence-electron chi connectivity index (χ2n) is 4.50. The van der Waals surface area contributed by atoms with Gasteiger partial charge in [-0.2, -0.15) is 0 Å². The third-order valence-electron chi connectivity index (χ3n) is 2.93. The van der Waals surface area contributed by atoms with Gasteiger partial charge in [0.2, 0.25) is 0 Å². The van der Waals surface area contributed by atoms with Gasteiger partial charge in [0, 0.05) is 10.5 Å². The number of hydrogen-bond acceptors (Lipinski definition) is 1. The largest absolute Gasteiger partial charge is 0.327 e. The Hall–Kier alpha value is -1.26. The second kappa shape index (κ2) is 6.26. The van der Waals surface area contributed by atoms with Crippen molar-refractivity contribution >= 4 is 15.9 Å². The van der Waals surface area contributed by atoms with Gasteiger partial charge >= 0.3 is 0 Å². The van der Waals surface area contributed by atoms with Crippen LogP contribution in [0.5, 0.6) is 0 Å². The molecule has 100 valence electrons. The van der Waals surface area contributed by atoms with E-state index < -0.39 is 11.6 Å². The van der Waals surface area contributed by atoms with E-state index >= 15 is 0 Å². The third-order valence-corrected chi connectivity index (χ3v) is 3.70. The molecule has 0 aromatic heterocycles. The number of halogens is 3. The molecule has 0 bridgehead atoms. The molecule has 0 heterocycles. The molecule has 1 unspecified atom stereocenters. The van der Waals surface area contributed by atoms with Crippen molar-refractivity contribution in [3.8, 4) is 0 Å². The molecule has 0 amide bonds. The maximum Gasteiger partial charge on any atom is 0.126 e. The summed E-state index contributed by atoms with van der Waals surface area (Å²) in [5, 5.41) is 0. The zero-order valence-corrected chi connectivity index (χ0v) is 11.8. The molecule has 4 heteroatoms. The van der Waals surface area contributed by atoms with Crippen molar-refractivity contribution in [3.05, 3.63) is 69.7 Å². The van der Waals surface area contributed by atoms with E-state index in [2.05, 4.69) is 15.9 Å². The molecule has 2 N–H and O–H groups in total. The Kier molecular flexibility index (Phi) is 4.66. The molecule has 0 aliphatic rings. The van der Waals surface area contributed by atoms with Crippen LogP contribution in [0.25, 0.3) is 0 Å². The first-order valence-corrected chi connectivity index (χ1v) is 6.78. The van der Waals surface area contributed by atoms with E-state index in [4.69, 9.17) is 5.73 Å². The summed E-state index contributed by atoms with van der Waals surface area (Å²) in [5.74, 6) is -0.853. The topological polar surface area (TPSA) is 26.0 Å². The maximum absolute atomic E-state index is 13.5. The summed E-state index contributed by atoms with van der Waals surface area (Å²) < 4.78 is 27.6. The van der Waals surface area contributed by atoms with E-state index in [9.17, 15) is 8.78 Å². The highest BCUT2D eigenvalue weighted by Gasteiger charge is 2.11. The van der Waals surface area contributed by atoms with E-state index in [1.54, 1.807) is 0 Å². The molecular weight excluding hydrogens is 312 g/mol. The van der Waals surface area contributed by atoms with Crippen LogP contribution in [0, 0.1) is 11.6 Å². The molecule has 0 fully saturated rings. The van der Waals surface area contributed by atoms with Crippen LogP contribution in [0.4, 0.5) is 8.78 Å². The average molecular weight is 326 g/mol. The minimum atomic E-state index is -0.440. The minimum Gasteiger partial charge on any atom is -0.327 e. The molecule has 0 saturated carbocycles. The molecular formula is C15H14BrF2N. The first-order valence-electron chi connectivity index (χ1n) is 5.99. The van der Waals surface area contributed by atoms with Crippen LogP contribution in [0.15, 0.2) is 46.9 Å². The lowest BCUT2D eigenvalue weighted by Crippen LogP contribution is -2.26. The summed E-state index contributed by atoms with van der Waals surface area (Å²) in [4.78, 5) is 0. The Morgan fingerprint density at radius 3 is 2.42 bits per heavy atom. The highest BCUT2D eigenvalue weighted by Crippen LogP contribution is 2.19. The predicted octanol–water partition coefficient (Wildman–Crippen LogP) is 3.84. The normalized spacial score (nSPS) is 12.4. The summed E-state index contributed by atoms with van der Waals surface area (Å²) in [7, 11) is 0. The van der Waals surface area contributed by atoms with Gasteiger partial charge in [-0.05, 0) is 48.2 Å². The highest BCUT2D eigenvalue weighted by atomic mass is 79.9. The molecule has 0 radical (unpaired) electrons. The molecule has 1 atom stereocenters. The van der Waals surface area contributed by atoms with Crippen LogP contribution in [0.2, 0.25) is 0 Å². The molecule has 19 heavy (non-hydrogen) atoms.